The molecule has 3 aromatic rings. The van der Waals surface area contributed by atoms with Crippen LogP contribution >= 0.6 is 11.3 Å². The van der Waals surface area contributed by atoms with E-state index in [0.29, 0.717) is 42.2 Å². The summed E-state index contributed by atoms with van der Waals surface area (Å²) in [5.41, 5.74) is 5.20. The maximum Gasteiger partial charge on any atom is 0.207 e. The molecule has 2 saturated heterocycles. The first-order valence-corrected chi connectivity index (χ1v) is 25.1. The summed E-state index contributed by atoms with van der Waals surface area (Å²) in [4.78, 5) is 4.93. The van der Waals surface area contributed by atoms with E-state index < -0.39 is 0 Å². The second kappa shape index (κ2) is 21.3. The van der Waals surface area contributed by atoms with Gasteiger partial charge in [-0.3, -0.25) is 0 Å². The van der Waals surface area contributed by atoms with Crippen LogP contribution in [-0.4, -0.2) is 93.9 Å². The topological polar surface area (TPSA) is 99.9 Å². The van der Waals surface area contributed by atoms with Gasteiger partial charge in [-0.15, -0.1) is 0 Å². The first kappa shape index (κ1) is 42.8. The predicted molar refractivity (Wildman–Crippen MR) is 243 cm³/mol. The van der Waals surface area contributed by atoms with Crippen LogP contribution in [0, 0.1) is 11.8 Å². The highest BCUT2D eigenvalue weighted by Gasteiger charge is 2.44. The van der Waals surface area contributed by atoms with Crippen molar-refractivity contribution < 1.29 is 23.7 Å². The van der Waals surface area contributed by atoms with Gasteiger partial charge in [0.25, 0.3) is 0 Å². The molecule has 1 N–H and O–H groups in total. The van der Waals surface area contributed by atoms with Gasteiger partial charge in [0.05, 0.1) is 40.8 Å². The van der Waals surface area contributed by atoms with E-state index in [1.165, 1.54) is 72.8 Å². The standard InChI is InChI=1S/C50H72N4O5S/c1-2-54(50-53-45-9-3-4-10-49(45)60-50)51-32-40-31-39(37-13-18-41(19-14-37)57-27-7-5-25-55-33-35-11-23-44-46(29-35)52-44)17-22-43(40)38-15-20-42(21-16-38)58-28-8-6-26-56-34-36-12-24-47-48(30-36)59-47/h3-4,9-10,17,22,31-32,35-38,41-42,44,46-48,52H,2,5-8,11-16,18-21,23-30,33-34H2,1H3. The van der Waals surface area contributed by atoms with Gasteiger partial charge in [-0.05, 0) is 181 Å². The fourth-order valence-corrected chi connectivity index (χ4v) is 11.8. The van der Waals surface area contributed by atoms with Gasteiger partial charge in [-0.25, -0.2) is 9.99 Å². The molecular formula is C50H72N4O5S. The number of hydrazone groups is 1. The molecule has 9 nitrogen and oxygen atoms in total. The Labute approximate surface area is 363 Å². The lowest BCUT2D eigenvalue weighted by molar-refractivity contribution is 0.0173. The highest BCUT2D eigenvalue weighted by atomic mass is 32.1. The molecule has 328 valence electrons. The SMILES string of the molecule is CCN(N=Cc1cc(C2CCC(OCCCCOCC3CCC4NC4C3)CC2)ccc1C1CCC(OCCCCOCC2CCC3OC3C2)CC1)c1nc2ccccc2s1. The number of thiazole rings is 1. The molecular weight excluding hydrogens is 769 g/mol. The van der Waals surface area contributed by atoms with Gasteiger partial charge in [0.1, 0.15) is 0 Å². The Kier molecular flexibility index (Phi) is 15.2. The molecule has 6 fully saturated rings. The molecule has 3 heterocycles. The maximum atomic E-state index is 6.43. The Bertz CT molecular complexity index is 1770. The number of hydrogen-bond donors (Lipinski definition) is 1. The highest BCUT2D eigenvalue weighted by molar-refractivity contribution is 7.22. The zero-order chi connectivity index (χ0) is 40.5. The molecule has 6 unspecified atom stereocenters. The lowest BCUT2D eigenvalue weighted by atomic mass is 9.78. The number of unbranched alkanes of at least 4 members (excludes halogenated alkanes) is 2. The van der Waals surface area contributed by atoms with Crippen LogP contribution in [-0.2, 0) is 23.7 Å². The van der Waals surface area contributed by atoms with Crippen molar-refractivity contribution in [1.82, 2.24) is 10.3 Å². The van der Waals surface area contributed by atoms with E-state index in [1.807, 2.05) is 0 Å². The zero-order valence-corrected chi connectivity index (χ0v) is 37.2. The van der Waals surface area contributed by atoms with E-state index in [1.54, 1.807) is 11.3 Å². The lowest BCUT2D eigenvalue weighted by Gasteiger charge is -2.31. The third-order valence-electron chi connectivity index (χ3n) is 14.7. The van der Waals surface area contributed by atoms with Crippen LogP contribution in [0.15, 0.2) is 47.6 Å². The first-order chi connectivity index (χ1) is 29.6. The van der Waals surface area contributed by atoms with Crippen molar-refractivity contribution in [3.63, 3.8) is 0 Å². The fourth-order valence-electron chi connectivity index (χ4n) is 10.8. The summed E-state index contributed by atoms with van der Waals surface area (Å²) in [5.74, 6) is 2.53. The first-order valence-electron chi connectivity index (χ1n) is 24.3. The molecule has 4 saturated carbocycles. The Hall–Kier alpha value is -2.44. The van der Waals surface area contributed by atoms with Crippen molar-refractivity contribution >= 4 is 32.9 Å². The third-order valence-corrected chi connectivity index (χ3v) is 15.7. The average Bonchev–Trinajstić information content (AvgIpc) is 4.21. The van der Waals surface area contributed by atoms with Gasteiger partial charge in [0.15, 0.2) is 0 Å². The average molecular weight is 841 g/mol. The minimum atomic E-state index is 0.363. The summed E-state index contributed by atoms with van der Waals surface area (Å²) in [6.07, 6.45) is 25.2. The number of ether oxygens (including phenoxy) is 5. The molecule has 1 aromatic heterocycles. The quantitative estimate of drug-likeness (QED) is 0.0462. The number of fused-ring (bicyclic) bond motifs is 3. The van der Waals surface area contributed by atoms with E-state index in [9.17, 15) is 0 Å². The van der Waals surface area contributed by atoms with Crippen LogP contribution in [0.25, 0.3) is 10.2 Å². The number of nitrogens with zero attached hydrogens (tertiary/aromatic N) is 3. The van der Waals surface area contributed by atoms with Gasteiger partial charge >= 0.3 is 0 Å². The van der Waals surface area contributed by atoms with Crippen LogP contribution in [0.3, 0.4) is 0 Å². The number of benzene rings is 2. The van der Waals surface area contributed by atoms with E-state index in [0.717, 1.165) is 139 Å². The van der Waals surface area contributed by atoms with Crippen molar-refractivity contribution in [3.8, 4) is 0 Å². The number of aromatic nitrogens is 1. The molecule has 9 rings (SSSR count). The highest BCUT2D eigenvalue weighted by Crippen LogP contribution is 2.41. The second-order valence-corrected chi connectivity index (χ2v) is 20.0. The van der Waals surface area contributed by atoms with Gasteiger partial charge in [-0.2, -0.15) is 5.10 Å². The molecule has 4 aliphatic carbocycles. The minimum absolute atomic E-state index is 0.363. The summed E-state index contributed by atoms with van der Waals surface area (Å²) in [6, 6.07) is 17.4. The second-order valence-electron chi connectivity index (χ2n) is 19.0. The molecule has 0 amide bonds. The zero-order valence-electron chi connectivity index (χ0n) is 36.4. The molecule has 2 aromatic carbocycles. The number of anilines is 1. The maximum absolute atomic E-state index is 6.43. The Morgan fingerprint density at radius 1 is 0.733 bits per heavy atom. The normalized spacial score (nSPS) is 31.3. The van der Waals surface area contributed by atoms with Crippen LogP contribution in [0.5, 0.6) is 0 Å². The van der Waals surface area contributed by atoms with Crippen LogP contribution in [0.4, 0.5) is 5.13 Å². The molecule has 0 bridgehead atoms. The molecule has 60 heavy (non-hydrogen) atoms. The van der Waals surface area contributed by atoms with Crippen LogP contribution in [0.2, 0.25) is 0 Å². The van der Waals surface area contributed by atoms with E-state index in [-0.39, 0.29) is 0 Å². The van der Waals surface area contributed by atoms with Crippen molar-refractivity contribution in [2.24, 2.45) is 16.9 Å². The smallest absolute Gasteiger partial charge is 0.207 e. The van der Waals surface area contributed by atoms with E-state index in [2.05, 4.69) is 65.9 Å². The summed E-state index contributed by atoms with van der Waals surface area (Å²) in [6.45, 7) is 8.19. The Morgan fingerprint density at radius 2 is 1.42 bits per heavy atom. The number of para-hydroxylation sites is 1. The molecule has 10 heteroatoms. The summed E-state index contributed by atoms with van der Waals surface area (Å²) >= 11 is 1.72. The fraction of sp³-hybridized carbons (Fsp3) is 0.720. The number of nitrogens with one attached hydrogen (secondary N) is 1. The van der Waals surface area contributed by atoms with Crippen molar-refractivity contribution in [3.05, 3.63) is 59.2 Å². The van der Waals surface area contributed by atoms with Crippen LogP contribution < -0.4 is 10.3 Å². The van der Waals surface area contributed by atoms with Crippen molar-refractivity contribution in [1.29, 1.82) is 0 Å². The molecule has 0 radical (unpaired) electrons. The summed E-state index contributed by atoms with van der Waals surface area (Å²) in [5, 5.41) is 11.7. The van der Waals surface area contributed by atoms with E-state index in [4.69, 9.17) is 33.8 Å². The minimum Gasteiger partial charge on any atom is -0.381 e. The third kappa shape index (κ3) is 11.8. The van der Waals surface area contributed by atoms with Crippen molar-refractivity contribution in [2.75, 3.05) is 51.2 Å². The summed E-state index contributed by atoms with van der Waals surface area (Å²) in [7, 11) is 0. The Morgan fingerprint density at radius 3 is 2.12 bits per heavy atom. The van der Waals surface area contributed by atoms with Crippen LogP contribution in [0.1, 0.15) is 151 Å². The van der Waals surface area contributed by atoms with E-state index >= 15 is 0 Å². The monoisotopic (exact) mass is 841 g/mol. The Balaban J connectivity index is 0.739. The number of rotatable bonds is 22. The molecule has 6 atom stereocenters. The molecule has 2 aliphatic heterocycles. The van der Waals surface area contributed by atoms with Gasteiger partial charge in [-0.1, -0.05) is 35.6 Å². The lowest BCUT2D eigenvalue weighted by Crippen LogP contribution is -2.23. The molecule has 0 spiro atoms. The van der Waals surface area contributed by atoms with Gasteiger partial charge in [0, 0.05) is 58.3 Å². The number of epoxide rings is 1. The van der Waals surface area contributed by atoms with Crippen molar-refractivity contribution in [2.45, 2.75) is 171 Å². The van der Waals surface area contributed by atoms with Gasteiger partial charge < -0.3 is 29.0 Å². The summed E-state index contributed by atoms with van der Waals surface area (Å²) < 4.78 is 31.8. The largest absolute Gasteiger partial charge is 0.381 e. The van der Waals surface area contributed by atoms with Gasteiger partial charge in [0.2, 0.25) is 5.13 Å². The number of hydrogen-bond acceptors (Lipinski definition) is 10. The molecule has 6 aliphatic rings. The predicted octanol–water partition coefficient (Wildman–Crippen LogP) is 10.5.